The van der Waals surface area contributed by atoms with Crippen molar-refractivity contribution in [1.29, 1.82) is 0 Å². The molecule has 30 heavy (non-hydrogen) atoms. The van der Waals surface area contributed by atoms with Crippen molar-refractivity contribution >= 4 is 17.1 Å². The van der Waals surface area contributed by atoms with Crippen LogP contribution in [0.5, 0.6) is 0 Å². The molecule has 2 aromatic heterocycles. The molecule has 0 spiro atoms. The van der Waals surface area contributed by atoms with Gasteiger partial charge in [-0.3, -0.25) is 9.59 Å². The highest BCUT2D eigenvalue weighted by Gasteiger charge is 2.27. The number of hydrogen-bond donors (Lipinski definition) is 1. The van der Waals surface area contributed by atoms with E-state index in [0.29, 0.717) is 31.0 Å². The molecule has 1 fully saturated rings. The standard InChI is InChI=1S/C22H28N6O2/c1-4-6-18(29)27-10-5-7-16(12-27)20-23-21-19(22(30)24-20)25-26-28(21)13-17-11-14(2)8-9-15(17)3/h8-9,11,16H,4-7,10,12-13H2,1-3H3,(H,23,24,30). The number of aryl methyl sites for hydroxylation is 2. The van der Waals surface area contributed by atoms with Crippen LogP contribution in [0.4, 0.5) is 0 Å². The van der Waals surface area contributed by atoms with Crippen LogP contribution < -0.4 is 5.56 Å². The van der Waals surface area contributed by atoms with Gasteiger partial charge in [-0.15, -0.1) is 5.10 Å². The lowest BCUT2D eigenvalue weighted by Gasteiger charge is -2.32. The molecular weight excluding hydrogens is 380 g/mol. The molecule has 0 aliphatic carbocycles. The van der Waals surface area contributed by atoms with E-state index >= 15 is 0 Å². The smallest absolute Gasteiger partial charge is 0.281 e. The van der Waals surface area contributed by atoms with E-state index in [1.165, 1.54) is 5.56 Å². The summed E-state index contributed by atoms with van der Waals surface area (Å²) in [6.45, 7) is 7.99. The van der Waals surface area contributed by atoms with Crippen molar-refractivity contribution in [2.24, 2.45) is 0 Å². The summed E-state index contributed by atoms with van der Waals surface area (Å²) in [4.78, 5) is 34.5. The zero-order valence-electron chi connectivity index (χ0n) is 17.8. The topological polar surface area (TPSA) is 96.8 Å². The summed E-state index contributed by atoms with van der Waals surface area (Å²) in [5.74, 6) is 0.805. The van der Waals surface area contributed by atoms with E-state index in [-0.39, 0.29) is 22.9 Å². The molecule has 1 aromatic carbocycles. The van der Waals surface area contributed by atoms with Gasteiger partial charge in [-0.2, -0.15) is 0 Å². The fraction of sp³-hybridized carbons (Fsp3) is 0.500. The molecule has 158 valence electrons. The zero-order chi connectivity index (χ0) is 21.3. The SMILES string of the molecule is CCCC(=O)N1CCCC(c2nc3c(nnn3Cc3cc(C)ccc3C)c(=O)[nH]2)C1. The first kappa shape index (κ1) is 20.3. The van der Waals surface area contributed by atoms with Crippen LogP contribution in [0.3, 0.4) is 0 Å². The average Bonchev–Trinajstić information content (AvgIpc) is 3.14. The largest absolute Gasteiger partial charge is 0.342 e. The molecule has 0 radical (unpaired) electrons. The van der Waals surface area contributed by atoms with Gasteiger partial charge in [0.1, 0.15) is 5.82 Å². The second-order valence-electron chi connectivity index (χ2n) is 8.23. The number of nitrogens with one attached hydrogen (secondary N) is 1. The van der Waals surface area contributed by atoms with Crippen molar-refractivity contribution in [3.63, 3.8) is 0 Å². The predicted molar refractivity (Wildman–Crippen MR) is 114 cm³/mol. The van der Waals surface area contributed by atoms with Gasteiger partial charge in [-0.1, -0.05) is 35.9 Å². The highest BCUT2D eigenvalue weighted by Crippen LogP contribution is 2.25. The van der Waals surface area contributed by atoms with Crippen molar-refractivity contribution in [3.05, 3.63) is 51.1 Å². The Morgan fingerprint density at radius 1 is 1.30 bits per heavy atom. The van der Waals surface area contributed by atoms with Gasteiger partial charge >= 0.3 is 0 Å². The lowest BCUT2D eigenvalue weighted by molar-refractivity contribution is -0.132. The van der Waals surface area contributed by atoms with Gasteiger partial charge in [-0.25, -0.2) is 9.67 Å². The van der Waals surface area contributed by atoms with E-state index in [0.717, 1.165) is 36.9 Å². The minimum atomic E-state index is -0.278. The first-order valence-corrected chi connectivity index (χ1v) is 10.6. The Morgan fingerprint density at radius 3 is 2.93 bits per heavy atom. The number of likely N-dealkylation sites (tertiary alicyclic amines) is 1. The van der Waals surface area contributed by atoms with Gasteiger partial charge in [-0.05, 0) is 44.2 Å². The Labute approximate surface area is 175 Å². The third kappa shape index (κ3) is 3.99. The van der Waals surface area contributed by atoms with Gasteiger partial charge in [0.2, 0.25) is 5.91 Å². The molecular formula is C22H28N6O2. The maximum atomic E-state index is 12.7. The van der Waals surface area contributed by atoms with Gasteiger partial charge in [0.25, 0.3) is 5.56 Å². The number of nitrogens with zero attached hydrogens (tertiary/aromatic N) is 5. The highest BCUT2D eigenvalue weighted by atomic mass is 16.2. The Morgan fingerprint density at radius 2 is 2.13 bits per heavy atom. The first-order chi connectivity index (χ1) is 14.5. The maximum absolute atomic E-state index is 12.7. The molecule has 1 unspecified atom stereocenters. The van der Waals surface area contributed by atoms with Crippen molar-refractivity contribution in [3.8, 4) is 0 Å². The highest BCUT2D eigenvalue weighted by molar-refractivity contribution is 5.76. The molecule has 1 amide bonds. The summed E-state index contributed by atoms with van der Waals surface area (Å²) >= 11 is 0. The molecule has 1 aliphatic heterocycles. The summed E-state index contributed by atoms with van der Waals surface area (Å²) in [7, 11) is 0. The van der Waals surface area contributed by atoms with Gasteiger partial charge in [0, 0.05) is 25.4 Å². The molecule has 1 saturated heterocycles. The molecule has 8 heteroatoms. The number of carbonyl (C=O) groups excluding carboxylic acids is 1. The Balaban J connectivity index is 1.66. The quantitative estimate of drug-likeness (QED) is 0.700. The summed E-state index contributed by atoms with van der Waals surface area (Å²) in [5, 5.41) is 8.26. The number of rotatable bonds is 5. The number of aromatic nitrogens is 5. The molecule has 4 rings (SSSR count). The number of amides is 1. The van der Waals surface area contributed by atoms with E-state index < -0.39 is 0 Å². The van der Waals surface area contributed by atoms with Crippen LogP contribution in [0.25, 0.3) is 11.2 Å². The van der Waals surface area contributed by atoms with E-state index in [9.17, 15) is 9.59 Å². The average molecular weight is 409 g/mol. The molecule has 1 aliphatic rings. The number of piperidine rings is 1. The van der Waals surface area contributed by atoms with Gasteiger partial charge in [0.15, 0.2) is 11.2 Å². The number of aromatic amines is 1. The van der Waals surface area contributed by atoms with Crippen LogP contribution in [-0.2, 0) is 11.3 Å². The van der Waals surface area contributed by atoms with E-state index in [4.69, 9.17) is 4.98 Å². The Bertz CT molecular complexity index is 1130. The number of H-pyrrole nitrogens is 1. The van der Waals surface area contributed by atoms with Gasteiger partial charge < -0.3 is 9.88 Å². The molecule has 3 aromatic rings. The minimum Gasteiger partial charge on any atom is -0.342 e. The third-order valence-electron chi connectivity index (χ3n) is 5.84. The predicted octanol–water partition coefficient (Wildman–Crippen LogP) is 2.69. The molecule has 1 atom stereocenters. The molecule has 1 N–H and O–H groups in total. The van der Waals surface area contributed by atoms with E-state index in [2.05, 4.69) is 47.3 Å². The van der Waals surface area contributed by atoms with Crippen LogP contribution in [0, 0.1) is 13.8 Å². The Kier molecular flexibility index (Phi) is 5.65. The molecule has 0 bridgehead atoms. The zero-order valence-corrected chi connectivity index (χ0v) is 17.8. The number of hydrogen-bond acceptors (Lipinski definition) is 5. The van der Waals surface area contributed by atoms with E-state index in [1.807, 2.05) is 11.8 Å². The molecule has 8 nitrogen and oxygen atoms in total. The van der Waals surface area contributed by atoms with E-state index in [1.54, 1.807) is 4.68 Å². The van der Waals surface area contributed by atoms with Gasteiger partial charge in [0.05, 0.1) is 6.54 Å². The molecule has 3 heterocycles. The number of benzene rings is 1. The number of fused-ring (bicyclic) bond motifs is 1. The molecule has 0 saturated carbocycles. The van der Waals surface area contributed by atoms with Crippen LogP contribution in [-0.4, -0.2) is 48.9 Å². The number of carbonyl (C=O) groups is 1. The summed E-state index contributed by atoms with van der Waals surface area (Å²) in [5.41, 5.74) is 3.92. The fourth-order valence-electron chi connectivity index (χ4n) is 4.11. The van der Waals surface area contributed by atoms with Crippen molar-refractivity contribution < 1.29 is 4.79 Å². The normalized spacial score (nSPS) is 16.9. The summed E-state index contributed by atoms with van der Waals surface area (Å²) in [6.07, 6.45) is 3.19. The third-order valence-corrected chi connectivity index (χ3v) is 5.84. The second-order valence-corrected chi connectivity index (χ2v) is 8.23. The lowest BCUT2D eigenvalue weighted by Crippen LogP contribution is -2.39. The van der Waals surface area contributed by atoms with Crippen LogP contribution >= 0.6 is 0 Å². The summed E-state index contributed by atoms with van der Waals surface area (Å²) < 4.78 is 1.69. The van der Waals surface area contributed by atoms with Crippen molar-refractivity contribution in [2.75, 3.05) is 13.1 Å². The van der Waals surface area contributed by atoms with Crippen molar-refractivity contribution in [2.45, 2.75) is 58.9 Å². The van der Waals surface area contributed by atoms with Crippen molar-refractivity contribution in [1.82, 2.24) is 29.9 Å². The van der Waals surface area contributed by atoms with Crippen LogP contribution in [0.2, 0.25) is 0 Å². The minimum absolute atomic E-state index is 0.0145. The Hall–Kier alpha value is -3.03. The van der Waals surface area contributed by atoms with Crippen LogP contribution in [0.15, 0.2) is 23.0 Å². The monoisotopic (exact) mass is 408 g/mol. The summed E-state index contributed by atoms with van der Waals surface area (Å²) in [6, 6.07) is 6.28. The maximum Gasteiger partial charge on any atom is 0.281 e. The lowest BCUT2D eigenvalue weighted by atomic mass is 9.96. The van der Waals surface area contributed by atoms with Crippen LogP contribution in [0.1, 0.15) is 61.0 Å². The fourth-order valence-corrected chi connectivity index (χ4v) is 4.11. The first-order valence-electron chi connectivity index (χ1n) is 10.6. The second kappa shape index (κ2) is 8.38.